The van der Waals surface area contributed by atoms with Crippen LogP contribution in [-0.4, -0.2) is 9.97 Å². The van der Waals surface area contributed by atoms with E-state index in [2.05, 4.69) is 34.3 Å². The third-order valence-electron chi connectivity index (χ3n) is 2.85. The van der Waals surface area contributed by atoms with Gasteiger partial charge in [-0.2, -0.15) is 0 Å². The summed E-state index contributed by atoms with van der Waals surface area (Å²) in [6.07, 6.45) is 2.38. The smallest absolute Gasteiger partial charge is 0.186 e. The van der Waals surface area contributed by atoms with Gasteiger partial charge in [-0.3, -0.25) is 0 Å². The Kier molecular flexibility index (Phi) is 3.87. The zero-order valence-electron chi connectivity index (χ0n) is 10.6. The Hall–Kier alpha value is -1.97. The molecule has 0 aliphatic heterocycles. The number of benzene rings is 1. The van der Waals surface area contributed by atoms with E-state index in [9.17, 15) is 4.39 Å². The minimum absolute atomic E-state index is 0.252. The molecule has 4 heteroatoms. The fourth-order valence-corrected chi connectivity index (χ4v) is 1.66. The molecule has 0 saturated heterocycles. The fraction of sp³-hybridized carbons (Fsp3) is 0.286. The summed E-state index contributed by atoms with van der Waals surface area (Å²) in [5.41, 5.74) is 2.75. The van der Waals surface area contributed by atoms with Crippen molar-refractivity contribution in [2.75, 3.05) is 5.32 Å². The van der Waals surface area contributed by atoms with Gasteiger partial charge in [-0.25, -0.2) is 14.4 Å². The molecular weight excluding hydrogens is 229 g/mol. The van der Waals surface area contributed by atoms with Gasteiger partial charge >= 0.3 is 0 Å². The van der Waals surface area contributed by atoms with Crippen molar-refractivity contribution < 1.29 is 4.39 Å². The van der Waals surface area contributed by atoms with E-state index in [4.69, 9.17) is 0 Å². The third kappa shape index (κ3) is 2.83. The predicted octanol–water partition coefficient (Wildman–Crippen LogP) is 3.10. The summed E-state index contributed by atoms with van der Waals surface area (Å²) in [6.45, 7) is 4.29. The van der Waals surface area contributed by atoms with Gasteiger partial charge in [0, 0.05) is 6.54 Å². The zero-order valence-corrected chi connectivity index (χ0v) is 10.6. The first-order chi connectivity index (χ1) is 8.70. The van der Waals surface area contributed by atoms with Crippen LogP contribution in [0.1, 0.15) is 23.7 Å². The number of rotatable bonds is 4. The molecule has 18 heavy (non-hydrogen) atoms. The van der Waals surface area contributed by atoms with Crippen LogP contribution >= 0.6 is 0 Å². The van der Waals surface area contributed by atoms with Crippen LogP contribution in [0, 0.1) is 12.7 Å². The molecule has 1 aromatic carbocycles. The Labute approximate surface area is 106 Å². The molecule has 0 bridgehead atoms. The molecule has 1 aromatic heterocycles. The van der Waals surface area contributed by atoms with Gasteiger partial charge in [0.15, 0.2) is 11.6 Å². The summed E-state index contributed by atoms with van der Waals surface area (Å²) in [5, 5.41) is 2.98. The molecule has 1 N–H and O–H groups in total. The molecular formula is C14H16FN3. The van der Waals surface area contributed by atoms with Crippen molar-refractivity contribution in [3.05, 3.63) is 53.2 Å². The van der Waals surface area contributed by atoms with Crippen molar-refractivity contribution in [2.45, 2.75) is 26.8 Å². The lowest BCUT2D eigenvalue weighted by molar-refractivity contribution is 0.604. The maximum atomic E-state index is 13.6. The van der Waals surface area contributed by atoms with Crippen LogP contribution in [-0.2, 0) is 13.0 Å². The Balaban J connectivity index is 2.04. The summed E-state index contributed by atoms with van der Waals surface area (Å²) >= 11 is 0. The summed E-state index contributed by atoms with van der Waals surface area (Å²) in [7, 11) is 0. The van der Waals surface area contributed by atoms with E-state index in [1.54, 1.807) is 6.92 Å². The van der Waals surface area contributed by atoms with Crippen molar-refractivity contribution in [3.63, 3.8) is 0 Å². The van der Waals surface area contributed by atoms with E-state index in [1.165, 1.54) is 11.9 Å². The molecule has 0 amide bonds. The number of aryl methyl sites for hydroxylation is 2. The van der Waals surface area contributed by atoms with Gasteiger partial charge in [0.25, 0.3) is 0 Å². The molecule has 0 fully saturated rings. The van der Waals surface area contributed by atoms with E-state index in [1.807, 2.05) is 12.1 Å². The van der Waals surface area contributed by atoms with Crippen LogP contribution in [0.15, 0.2) is 30.6 Å². The highest BCUT2D eigenvalue weighted by Gasteiger charge is 2.06. The highest BCUT2D eigenvalue weighted by Crippen LogP contribution is 2.13. The molecule has 3 nitrogen and oxygen atoms in total. The quantitative estimate of drug-likeness (QED) is 0.899. The molecule has 0 aliphatic carbocycles. The second-order valence-electron chi connectivity index (χ2n) is 4.15. The van der Waals surface area contributed by atoms with Gasteiger partial charge < -0.3 is 5.32 Å². The van der Waals surface area contributed by atoms with Crippen LogP contribution in [0.5, 0.6) is 0 Å². The molecule has 0 radical (unpaired) electrons. The Morgan fingerprint density at radius 2 is 1.78 bits per heavy atom. The van der Waals surface area contributed by atoms with Gasteiger partial charge in [-0.15, -0.1) is 0 Å². The van der Waals surface area contributed by atoms with Crippen LogP contribution in [0.4, 0.5) is 10.2 Å². The van der Waals surface area contributed by atoms with Crippen molar-refractivity contribution in [2.24, 2.45) is 0 Å². The first-order valence-corrected chi connectivity index (χ1v) is 5.99. The molecule has 2 rings (SSSR count). The van der Waals surface area contributed by atoms with E-state index in [0.29, 0.717) is 12.2 Å². The number of nitrogens with one attached hydrogen (secondary N) is 1. The van der Waals surface area contributed by atoms with Crippen molar-refractivity contribution in [3.8, 4) is 0 Å². The highest BCUT2D eigenvalue weighted by atomic mass is 19.1. The maximum absolute atomic E-state index is 13.6. The lowest BCUT2D eigenvalue weighted by atomic mass is 10.1. The minimum atomic E-state index is -0.386. The summed E-state index contributed by atoms with van der Waals surface area (Å²) in [6, 6.07) is 8.24. The SMILES string of the molecule is CCc1ccc(CNc2ncnc(C)c2F)cc1. The largest absolute Gasteiger partial charge is 0.363 e. The summed E-state index contributed by atoms with van der Waals surface area (Å²) in [5.74, 6) is -0.134. The number of aromatic nitrogens is 2. The Morgan fingerprint density at radius 3 is 2.44 bits per heavy atom. The number of hydrogen-bond donors (Lipinski definition) is 1. The lowest BCUT2D eigenvalue weighted by Gasteiger charge is -2.07. The summed E-state index contributed by atoms with van der Waals surface area (Å²) < 4.78 is 13.6. The van der Waals surface area contributed by atoms with Crippen molar-refractivity contribution in [1.29, 1.82) is 0 Å². The highest BCUT2D eigenvalue weighted by molar-refractivity contribution is 5.38. The third-order valence-corrected chi connectivity index (χ3v) is 2.85. The van der Waals surface area contributed by atoms with E-state index < -0.39 is 0 Å². The zero-order chi connectivity index (χ0) is 13.0. The van der Waals surface area contributed by atoms with Gasteiger partial charge in [-0.1, -0.05) is 31.2 Å². The number of halogens is 1. The molecule has 0 spiro atoms. The molecule has 2 aromatic rings. The van der Waals surface area contributed by atoms with Crippen LogP contribution in [0.3, 0.4) is 0 Å². The van der Waals surface area contributed by atoms with Gasteiger partial charge in [0.05, 0.1) is 5.69 Å². The summed E-state index contributed by atoms with van der Waals surface area (Å²) in [4.78, 5) is 7.68. The van der Waals surface area contributed by atoms with Gasteiger partial charge in [0.1, 0.15) is 6.33 Å². The van der Waals surface area contributed by atoms with E-state index in [-0.39, 0.29) is 11.6 Å². The van der Waals surface area contributed by atoms with Gasteiger partial charge in [0.2, 0.25) is 0 Å². The molecule has 0 unspecified atom stereocenters. The van der Waals surface area contributed by atoms with E-state index >= 15 is 0 Å². The van der Waals surface area contributed by atoms with Crippen molar-refractivity contribution >= 4 is 5.82 Å². The van der Waals surface area contributed by atoms with Crippen LogP contribution in [0.2, 0.25) is 0 Å². The molecule has 1 heterocycles. The maximum Gasteiger partial charge on any atom is 0.186 e. The molecule has 0 aliphatic rings. The molecule has 0 atom stereocenters. The normalized spacial score (nSPS) is 10.4. The first-order valence-electron chi connectivity index (χ1n) is 5.99. The number of nitrogens with zero attached hydrogens (tertiary/aromatic N) is 2. The van der Waals surface area contributed by atoms with E-state index in [0.717, 1.165) is 12.0 Å². The van der Waals surface area contributed by atoms with Gasteiger partial charge in [-0.05, 0) is 24.5 Å². The monoisotopic (exact) mass is 245 g/mol. The standard InChI is InChI=1S/C14H16FN3/c1-3-11-4-6-12(7-5-11)8-16-14-13(15)10(2)17-9-18-14/h4-7,9H,3,8H2,1-2H3,(H,16,17,18). The van der Waals surface area contributed by atoms with Crippen LogP contribution in [0.25, 0.3) is 0 Å². The second kappa shape index (κ2) is 5.58. The molecule has 94 valence electrons. The fourth-order valence-electron chi connectivity index (χ4n) is 1.66. The van der Waals surface area contributed by atoms with Crippen molar-refractivity contribution in [1.82, 2.24) is 9.97 Å². The lowest BCUT2D eigenvalue weighted by Crippen LogP contribution is -2.05. The number of hydrogen-bond acceptors (Lipinski definition) is 3. The average Bonchev–Trinajstić information content (AvgIpc) is 2.41. The predicted molar refractivity (Wildman–Crippen MR) is 69.9 cm³/mol. The number of anilines is 1. The topological polar surface area (TPSA) is 37.8 Å². The second-order valence-corrected chi connectivity index (χ2v) is 4.15. The Morgan fingerprint density at radius 1 is 1.11 bits per heavy atom. The Bertz CT molecular complexity index is 523. The minimum Gasteiger partial charge on any atom is -0.363 e. The molecule has 0 saturated carbocycles. The van der Waals surface area contributed by atoms with Crippen LogP contribution < -0.4 is 5.32 Å². The average molecular weight is 245 g/mol. The first kappa shape index (κ1) is 12.5.